The van der Waals surface area contributed by atoms with Gasteiger partial charge in [-0.15, -0.1) is 0 Å². The number of nitrogens with zero attached hydrogens (tertiary/aromatic N) is 4. The lowest BCUT2D eigenvalue weighted by Crippen LogP contribution is -2.09. The lowest BCUT2D eigenvalue weighted by Gasteiger charge is -2.09. The van der Waals surface area contributed by atoms with Crippen molar-refractivity contribution in [1.82, 2.24) is 19.5 Å². The first-order valence-electron chi connectivity index (χ1n) is 6.77. The minimum absolute atomic E-state index is 0.0581. The van der Waals surface area contributed by atoms with Gasteiger partial charge in [0.05, 0.1) is 18.2 Å². The van der Waals surface area contributed by atoms with Gasteiger partial charge in [-0.25, -0.2) is 4.98 Å². The van der Waals surface area contributed by atoms with E-state index in [2.05, 4.69) is 15.0 Å². The Morgan fingerprint density at radius 1 is 1.25 bits per heavy atom. The molecule has 0 atom stereocenters. The third-order valence-corrected chi connectivity index (χ3v) is 4.45. The number of hydrogen-bond donors (Lipinski definition) is 3. The standard InChI is InChI=1S/C13H13ClN5O4P/c14-11-10-12(18-13(15)17-11)19(7-16-10)5-6-23-8-1-3-9(4-2-8)24(20,21)22/h1-4,7H,5-6H2,(H2,15,17,18)(H2,20,21,22). The van der Waals surface area contributed by atoms with E-state index >= 15 is 0 Å². The van der Waals surface area contributed by atoms with Crippen LogP contribution < -0.4 is 15.8 Å². The zero-order valence-corrected chi connectivity index (χ0v) is 13.9. The molecule has 0 saturated carbocycles. The Bertz CT molecular complexity index is 924. The highest BCUT2D eigenvalue weighted by atomic mass is 35.5. The zero-order valence-electron chi connectivity index (χ0n) is 12.2. The van der Waals surface area contributed by atoms with Gasteiger partial charge in [0, 0.05) is 0 Å². The summed E-state index contributed by atoms with van der Waals surface area (Å²) < 4.78 is 18.4. The highest BCUT2D eigenvalue weighted by molar-refractivity contribution is 7.60. The first-order chi connectivity index (χ1) is 11.3. The molecule has 0 fully saturated rings. The van der Waals surface area contributed by atoms with Gasteiger partial charge < -0.3 is 24.8 Å². The summed E-state index contributed by atoms with van der Waals surface area (Å²) in [7, 11) is -4.25. The Morgan fingerprint density at radius 2 is 1.96 bits per heavy atom. The van der Waals surface area contributed by atoms with Crippen LogP contribution in [0.5, 0.6) is 5.75 Å². The van der Waals surface area contributed by atoms with Crippen molar-refractivity contribution in [3.8, 4) is 5.75 Å². The summed E-state index contributed by atoms with van der Waals surface area (Å²) in [6, 6.07) is 5.65. The number of aromatic nitrogens is 4. The van der Waals surface area contributed by atoms with Crippen LogP contribution in [0.4, 0.5) is 5.95 Å². The number of imidazole rings is 1. The van der Waals surface area contributed by atoms with Gasteiger partial charge in [-0.1, -0.05) is 11.6 Å². The molecule has 0 aliphatic heterocycles. The topological polar surface area (TPSA) is 136 Å². The average molecular weight is 370 g/mol. The number of rotatable bonds is 5. The van der Waals surface area contributed by atoms with E-state index in [-0.39, 0.29) is 16.4 Å². The van der Waals surface area contributed by atoms with E-state index < -0.39 is 7.60 Å². The van der Waals surface area contributed by atoms with Crippen molar-refractivity contribution < 1.29 is 19.1 Å². The quantitative estimate of drug-likeness (QED) is 0.446. The summed E-state index contributed by atoms with van der Waals surface area (Å²) in [5.41, 5.74) is 6.54. The van der Waals surface area contributed by atoms with Gasteiger partial charge in [-0.2, -0.15) is 9.97 Å². The van der Waals surface area contributed by atoms with Crippen LogP contribution in [0.1, 0.15) is 0 Å². The first kappa shape index (κ1) is 16.7. The van der Waals surface area contributed by atoms with Crippen molar-refractivity contribution in [1.29, 1.82) is 0 Å². The molecule has 0 radical (unpaired) electrons. The van der Waals surface area contributed by atoms with Crippen LogP contribution in [0.2, 0.25) is 5.15 Å². The predicted molar refractivity (Wildman–Crippen MR) is 88.4 cm³/mol. The second-order valence-corrected chi connectivity index (χ2v) is 6.83. The lowest BCUT2D eigenvalue weighted by molar-refractivity contribution is 0.300. The molecule has 2 heterocycles. The van der Waals surface area contributed by atoms with Crippen molar-refractivity contribution in [3.05, 3.63) is 35.7 Å². The van der Waals surface area contributed by atoms with Crippen LogP contribution >= 0.6 is 19.2 Å². The molecule has 0 amide bonds. The molecule has 1 aromatic carbocycles. The van der Waals surface area contributed by atoms with Crippen molar-refractivity contribution in [2.75, 3.05) is 12.3 Å². The molecule has 126 valence electrons. The molecule has 0 aliphatic rings. The highest BCUT2D eigenvalue weighted by Crippen LogP contribution is 2.33. The molecular weight excluding hydrogens is 357 g/mol. The molecule has 3 rings (SSSR count). The van der Waals surface area contributed by atoms with Crippen LogP contribution in [0.3, 0.4) is 0 Å². The number of fused-ring (bicyclic) bond motifs is 1. The Balaban J connectivity index is 1.68. The van der Waals surface area contributed by atoms with Crippen LogP contribution in [-0.4, -0.2) is 35.9 Å². The van der Waals surface area contributed by atoms with Crippen LogP contribution in [0.15, 0.2) is 30.6 Å². The minimum Gasteiger partial charge on any atom is -0.492 e. The fraction of sp³-hybridized carbons (Fsp3) is 0.154. The predicted octanol–water partition coefficient (Wildman–Crippen LogP) is 0.944. The molecule has 24 heavy (non-hydrogen) atoms. The van der Waals surface area contributed by atoms with Crippen molar-refractivity contribution in [2.24, 2.45) is 0 Å². The second-order valence-electron chi connectivity index (χ2n) is 4.87. The minimum atomic E-state index is -4.25. The van der Waals surface area contributed by atoms with E-state index in [0.717, 1.165) is 0 Å². The molecule has 0 unspecified atom stereocenters. The number of nitrogen functional groups attached to an aromatic ring is 1. The Kier molecular flexibility index (Phi) is 4.42. The Morgan fingerprint density at radius 3 is 2.62 bits per heavy atom. The molecular formula is C13H13ClN5O4P. The van der Waals surface area contributed by atoms with Gasteiger partial charge >= 0.3 is 7.60 Å². The van der Waals surface area contributed by atoms with Gasteiger partial charge in [0.1, 0.15) is 17.9 Å². The molecule has 0 bridgehead atoms. The third kappa shape index (κ3) is 3.49. The molecule has 0 aliphatic carbocycles. The van der Waals surface area contributed by atoms with E-state index in [1.807, 2.05) is 0 Å². The number of nitrogens with two attached hydrogens (primary N) is 1. The molecule has 4 N–H and O–H groups in total. The van der Waals surface area contributed by atoms with Gasteiger partial charge in [-0.05, 0) is 24.3 Å². The van der Waals surface area contributed by atoms with E-state index in [0.29, 0.717) is 30.1 Å². The van der Waals surface area contributed by atoms with Crippen LogP contribution in [0, 0.1) is 0 Å². The number of anilines is 1. The van der Waals surface area contributed by atoms with E-state index in [9.17, 15) is 4.57 Å². The van der Waals surface area contributed by atoms with Gasteiger partial charge in [0.2, 0.25) is 5.95 Å². The largest absolute Gasteiger partial charge is 0.492 e. The summed E-state index contributed by atoms with van der Waals surface area (Å²) in [4.78, 5) is 30.2. The summed E-state index contributed by atoms with van der Waals surface area (Å²) in [5.74, 6) is 0.548. The van der Waals surface area contributed by atoms with Crippen molar-refractivity contribution in [3.63, 3.8) is 0 Å². The summed E-state index contributed by atoms with van der Waals surface area (Å²) in [6.45, 7) is 0.728. The van der Waals surface area contributed by atoms with E-state index in [4.69, 9.17) is 31.9 Å². The first-order valence-corrected chi connectivity index (χ1v) is 8.76. The molecule has 0 spiro atoms. The number of halogens is 1. The van der Waals surface area contributed by atoms with E-state index in [1.54, 1.807) is 10.9 Å². The summed E-state index contributed by atoms with van der Waals surface area (Å²) >= 11 is 5.96. The maximum absolute atomic E-state index is 11.1. The second kappa shape index (κ2) is 6.37. The monoisotopic (exact) mass is 369 g/mol. The summed E-state index contributed by atoms with van der Waals surface area (Å²) in [6.07, 6.45) is 1.56. The number of hydrogen-bond acceptors (Lipinski definition) is 6. The lowest BCUT2D eigenvalue weighted by atomic mass is 10.3. The van der Waals surface area contributed by atoms with Gasteiger partial charge in [0.15, 0.2) is 10.8 Å². The van der Waals surface area contributed by atoms with Crippen molar-refractivity contribution in [2.45, 2.75) is 6.54 Å². The van der Waals surface area contributed by atoms with Crippen molar-refractivity contribution >= 4 is 41.6 Å². The average Bonchev–Trinajstić information content (AvgIpc) is 2.90. The third-order valence-electron chi connectivity index (χ3n) is 3.21. The smallest absolute Gasteiger partial charge is 0.356 e. The fourth-order valence-electron chi connectivity index (χ4n) is 2.09. The molecule has 9 nitrogen and oxygen atoms in total. The van der Waals surface area contributed by atoms with Crippen LogP contribution in [-0.2, 0) is 11.1 Å². The Labute approximate surface area is 141 Å². The van der Waals surface area contributed by atoms with Gasteiger partial charge in [-0.3, -0.25) is 4.57 Å². The summed E-state index contributed by atoms with van der Waals surface area (Å²) in [5, 5.41) is 0.127. The highest BCUT2D eigenvalue weighted by Gasteiger charge is 2.16. The Hall–Kier alpha value is -2.19. The maximum atomic E-state index is 11.1. The maximum Gasteiger partial charge on any atom is 0.356 e. The number of ether oxygens (including phenoxy) is 1. The fourth-order valence-corrected chi connectivity index (χ4v) is 2.84. The van der Waals surface area contributed by atoms with Gasteiger partial charge in [0.25, 0.3) is 0 Å². The van der Waals surface area contributed by atoms with E-state index in [1.165, 1.54) is 24.3 Å². The molecule has 3 aromatic rings. The zero-order chi connectivity index (χ0) is 17.3. The molecule has 11 heteroatoms. The molecule has 0 saturated heterocycles. The SMILES string of the molecule is Nc1nc(Cl)c2ncn(CCOc3ccc(P(=O)(O)O)cc3)c2n1. The molecule has 2 aromatic heterocycles. The number of benzene rings is 1. The van der Waals surface area contributed by atoms with Crippen LogP contribution in [0.25, 0.3) is 11.2 Å². The normalized spacial score (nSPS) is 11.8.